The number of nitrogens with zero attached hydrogens (tertiary/aromatic N) is 3. The first-order valence-corrected chi connectivity index (χ1v) is 6.50. The van der Waals surface area contributed by atoms with Gasteiger partial charge in [-0.15, -0.1) is 0 Å². The number of hydrogen-bond acceptors (Lipinski definition) is 5. The molecule has 0 atom stereocenters. The fourth-order valence-corrected chi connectivity index (χ4v) is 2.28. The van der Waals surface area contributed by atoms with Crippen molar-refractivity contribution >= 4 is 17.1 Å². The second kappa shape index (κ2) is 5.32. The summed E-state index contributed by atoms with van der Waals surface area (Å²) in [5, 5.41) is 0. The Morgan fingerprint density at radius 1 is 1.19 bits per heavy atom. The second-order valence-electron chi connectivity index (χ2n) is 4.58. The van der Waals surface area contributed by atoms with Gasteiger partial charge in [0.05, 0.1) is 20.8 Å². The predicted octanol–water partition coefficient (Wildman–Crippen LogP) is 2.08. The molecular weight excluding hydrogens is 268 g/mol. The highest BCUT2D eigenvalue weighted by atomic mass is 16.5. The molecule has 3 rings (SSSR count). The third-order valence-electron chi connectivity index (χ3n) is 3.36. The van der Waals surface area contributed by atoms with Crippen LogP contribution in [0.5, 0.6) is 11.5 Å². The second-order valence-corrected chi connectivity index (χ2v) is 4.58. The Balaban J connectivity index is 2.04. The van der Waals surface area contributed by atoms with E-state index in [-0.39, 0.29) is 0 Å². The van der Waals surface area contributed by atoms with Gasteiger partial charge in [0.1, 0.15) is 17.0 Å². The Kier molecular flexibility index (Phi) is 3.35. The van der Waals surface area contributed by atoms with Crippen LogP contribution >= 0.6 is 0 Å². The van der Waals surface area contributed by atoms with E-state index in [1.54, 1.807) is 20.4 Å². The number of ether oxygens (including phenoxy) is 2. The molecule has 0 aliphatic rings. The van der Waals surface area contributed by atoms with Gasteiger partial charge in [-0.25, -0.2) is 9.97 Å². The minimum absolute atomic E-state index is 0.432. The molecule has 0 radical (unpaired) electrons. The van der Waals surface area contributed by atoms with Crippen LogP contribution in [0, 0.1) is 0 Å². The van der Waals surface area contributed by atoms with Crippen molar-refractivity contribution in [2.75, 3.05) is 20.0 Å². The molecule has 0 unspecified atom stereocenters. The summed E-state index contributed by atoms with van der Waals surface area (Å²) >= 11 is 0. The molecule has 2 heterocycles. The fourth-order valence-electron chi connectivity index (χ4n) is 2.28. The molecule has 0 saturated heterocycles. The van der Waals surface area contributed by atoms with E-state index in [4.69, 9.17) is 15.2 Å². The summed E-state index contributed by atoms with van der Waals surface area (Å²) in [6.45, 7) is 0.534. The van der Waals surface area contributed by atoms with Gasteiger partial charge in [0.25, 0.3) is 0 Å². The molecule has 6 heteroatoms. The molecular formula is C15H16N4O2. The Bertz CT molecular complexity index is 782. The Morgan fingerprint density at radius 3 is 2.81 bits per heavy atom. The first kappa shape index (κ1) is 13.2. The van der Waals surface area contributed by atoms with E-state index in [1.807, 2.05) is 34.9 Å². The molecule has 2 N–H and O–H groups in total. The van der Waals surface area contributed by atoms with E-state index in [9.17, 15) is 0 Å². The number of anilines is 1. The number of nitrogen functional groups attached to an aromatic ring is 1. The number of rotatable bonds is 4. The van der Waals surface area contributed by atoms with E-state index in [0.29, 0.717) is 12.5 Å². The van der Waals surface area contributed by atoms with Crippen LogP contribution in [0.2, 0.25) is 0 Å². The van der Waals surface area contributed by atoms with Crippen LogP contribution in [-0.2, 0) is 6.54 Å². The average molecular weight is 284 g/mol. The van der Waals surface area contributed by atoms with Crippen molar-refractivity contribution in [2.24, 2.45) is 0 Å². The molecule has 0 aliphatic heterocycles. The summed E-state index contributed by atoms with van der Waals surface area (Å²) in [7, 11) is 3.26. The zero-order chi connectivity index (χ0) is 14.8. The molecule has 6 nitrogen and oxygen atoms in total. The Labute approximate surface area is 122 Å². The van der Waals surface area contributed by atoms with Gasteiger partial charge >= 0.3 is 0 Å². The van der Waals surface area contributed by atoms with Crippen molar-refractivity contribution in [1.29, 1.82) is 0 Å². The van der Waals surface area contributed by atoms with Crippen molar-refractivity contribution in [1.82, 2.24) is 14.5 Å². The van der Waals surface area contributed by atoms with Gasteiger partial charge < -0.3 is 15.2 Å². The number of aromatic nitrogens is 3. The Morgan fingerprint density at radius 2 is 2.05 bits per heavy atom. The molecule has 3 aromatic rings. The molecule has 0 aliphatic carbocycles. The quantitative estimate of drug-likeness (QED) is 0.794. The molecule has 1 aromatic carbocycles. The van der Waals surface area contributed by atoms with Crippen LogP contribution in [0.25, 0.3) is 11.2 Å². The number of benzene rings is 1. The molecule has 0 bridgehead atoms. The maximum Gasteiger partial charge on any atom is 0.202 e. The number of pyridine rings is 1. The molecule has 0 spiro atoms. The molecule has 0 saturated carbocycles. The zero-order valence-corrected chi connectivity index (χ0v) is 11.9. The first-order valence-electron chi connectivity index (χ1n) is 6.50. The van der Waals surface area contributed by atoms with Crippen LogP contribution in [0.4, 0.5) is 5.95 Å². The largest absolute Gasteiger partial charge is 0.497 e. The summed E-state index contributed by atoms with van der Waals surface area (Å²) in [6.07, 6.45) is 1.73. The van der Waals surface area contributed by atoms with Gasteiger partial charge in [0, 0.05) is 17.8 Å². The van der Waals surface area contributed by atoms with Crippen molar-refractivity contribution in [3.63, 3.8) is 0 Å². The van der Waals surface area contributed by atoms with Crippen molar-refractivity contribution in [3.8, 4) is 11.5 Å². The molecule has 0 amide bonds. The van der Waals surface area contributed by atoms with E-state index in [2.05, 4.69) is 9.97 Å². The van der Waals surface area contributed by atoms with Crippen LogP contribution in [0.15, 0.2) is 36.5 Å². The van der Waals surface area contributed by atoms with E-state index >= 15 is 0 Å². The number of imidazole rings is 1. The third kappa shape index (κ3) is 2.35. The summed E-state index contributed by atoms with van der Waals surface area (Å²) in [4.78, 5) is 8.65. The van der Waals surface area contributed by atoms with Gasteiger partial charge in [-0.3, -0.25) is 4.57 Å². The summed E-state index contributed by atoms with van der Waals surface area (Å²) in [6, 6.07) is 9.41. The summed E-state index contributed by atoms with van der Waals surface area (Å²) in [5.74, 6) is 1.92. The molecule has 0 fully saturated rings. The van der Waals surface area contributed by atoms with Gasteiger partial charge in [-0.1, -0.05) is 0 Å². The zero-order valence-electron chi connectivity index (χ0n) is 11.9. The van der Waals surface area contributed by atoms with E-state index < -0.39 is 0 Å². The highest BCUT2D eigenvalue weighted by molar-refractivity contribution is 5.74. The lowest BCUT2D eigenvalue weighted by Gasteiger charge is -2.12. The fraction of sp³-hybridized carbons (Fsp3) is 0.200. The minimum Gasteiger partial charge on any atom is -0.497 e. The normalized spacial score (nSPS) is 10.8. The number of fused-ring (bicyclic) bond motifs is 1. The average Bonchev–Trinajstić information content (AvgIpc) is 2.83. The van der Waals surface area contributed by atoms with Crippen LogP contribution < -0.4 is 15.2 Å². The standard InChI is InChI=1S/C15H16N4O2/c1-20-11-6-5-10(13(8-11)21-2)9-19-14-12(18-15(19)16)4-3-7-17-14/h3-8H,9H2,1-2H3,(H2,16,18). The lowest BCUT2D eigenvalue weighted by Crippen LogP contribution is -2.06. The maximum atomic E-state index is 6.00. The monoisotopic (exact) mass is 284 g/mol. The number of hydrogen-bond donors (Lipinski definition) is 1. The van der Waals surface area contributed by atoms with Gasteiger partial charge in [-0.05, 0) is 24.3 Å². The molecule has 21 heavy (non-hydrogen) atoms. The number of methoxy groups -OCH3 is 2. The van der Waals surface area contributed by atoms with Crippen LogP contribution in [0.3, 0.4) is 0 Å². The van der Waals surface area contributed by atoms with Crippen LogP contribution in [-0.4, -0.2) is 28.8 Å². The SMILES string of the molecule is COc1ccc(Cn2c(N)nc3cccnc32)c(OC)c1. The van der Waals surface area contributed by atoms with E-state index in [1.165, 1.54) is 0 Å². The first-order chi connectivity index (χ1) is 10.2. The summed E-state index contributed by atoms with van der Waals surface area (Å²) < 4.78 is 12.5. The highest BCUT2D eigenvalue weighted by Gasteiger charge is 2.12. The highest BCUT2D eigenvalue weighted by Crippen LogP contribution is 2.27. The topological polar surface area (TPSA) is 75.2 Å². The predicted molar refractivity (Wildman–Crippen MR) is 80.6 cm³/mol. The smallest absolute Gasteiger partial charge is 0.202 e. The van der Waals surface area contributed by atoms with Crippen molar-refractivity contribution < 1.29 is 9.47 Å². The summed E-state index contributed by atoms with van der Waals surface area (Å²) in [5.41, 5.74) is 8.51. The Hall–Kier alpha value is -2.76. The van der Waals surface area contributed by atoms with Crippen LogP contribution in [0.1, 0.15) is 5.56 Å². The van der Waals surface area contributed by atoms with Crippen molar-refractivity contribution in [2.45, 2.75) is 6.54 Å². The van der Waals surface area contributed by atoms with Gasteiger partial charge in [-0.2, -0.15) is 0 Å². The maximum absolute atomic E-state index is 6.00. The molecule has 2 aromatic heterocycles. The lowest BCUT2D eigenvalue weighted by atomic mass is 10.2. The lowest BCUT2D eigenvalue weighted by molar-refractivity contribution is 0.390. The third-order valence-corrected chi connectivity index (χ3v) is 3.36. The number of nitrogens with two attached hydrogens (primary N) is 1. The van der Waals surface area contributed by atoms with Gasteiger partial charge in [0.2, 0.25) is 5.95 Å². The van der Waals surface area contributed by atoms with Crippen molar-refractivity contribution in [3.05, 3.63) is 42.1 Å². The molecule has 108 valence electrons. The van der Waals surface area contributed by atoms with Gasteiger partial charge in [0.15, 0.2) is 5.65 Å². The minimum atomic E-state index is 0.432. The van der Waals surface area contributed by atoms with E-state index in [0.717, 1.165) is 28.2 Å².